The van der Waals surface area contributed by atoms with Crippen LogP contribution in [0, 0.1) is 6.92 Å². The van der Waals surface area contributed by atoms with Crippen LogP contribution in [0.1, 0.15) is 50.5 Å². The molecule has 4 rings (SSSR count). The van der Waals surface area contributed by atoms with Gasteiger partial charge in [0, 0.05) is 6.04 Å². The Morgan fingerprint density at radius 2 is 1.93 bits per heavy atom. The molecule has 1 aromatic heterocycles. The van der Waals surface area contributed by atoms with Gasteiger partial charge in [-0.2, -0.15) is 0 Å². The van der Waals surface area contributed by atoms with Gasteiger partial charge in [-0.3, -0.25) is 4.79 Å². The number of carbonyl (C=O) groups is 1. The van der Waals surface area contributed by atoms with Crippen molar-refractivity contribution in [3.8, 4) is 5.75 Å². The highest BCUT2D eigenvalue weighted by Gasteiger charge is 2.31. The molecule has 0 N–H and O–H groups in total. The number of benzene rings is 2. The molecular formula is C24H28N2O3. The fraction of sp³-hybridized carbons (Fsp3) is 0.417. The maximum atomic E-state index is 13.4. The number of hydrogen-bond acceptors (Lipinski definition) is 4. The van der Waals surface area contributed by atoms with Crippen molar-refractivity contribution in [3.05, 3.63) is 60.0 Å². The molecule has 1 amide bonds. The summed E-state index contributed by atoms with van der Waals surface area (Å²) in [5, 5.41) is 0. The topological polar surface area (TPSA) is 55.6 Å². The third kappa shape index (κ3) is 4.61. The number of para-hydroxylation sites is 1. The zero-order valence-corrected chi connectivity index (χ0v) is 17.1. The first-order valence-electron chi connectivity index (χ1n) is 10.5. The fourth-order valence-corrected chi connectivity index (χ4v) is 4.07. The van der Waals surface area contributed by atoms with Gasteiger partial charge in [0.15, 0.2) is 11.7 Å². The first-order valence-corrected chi connectivity index (χ1v) is 10.5. The molecule has 0 radical (unpaired) electrons. The van der Waals surface area contributed by atoms with Crippen LogP contribution in [0.5, 0.6) is 5.75 Å². The Kier molecular flexibility index (Phi) is 5.84. The first-order chi connectivity index (χ1) is 14.1. The second-order valence-electron chi connectivity index (χ2n) is 7.91. The van der Waals surface area contributed by atoms with Crippen molar-refractivity contribution in [2.75, 3.05) is 0 Å². The van der Waals surface area contributed by atoms with E-state index in [1.54, 1.807) is 0 Å². The summed E-state index contributed by atoms with van der Waals surface area (Å²) in [6.07, 6.45) is 5.00. The minimum Gasteiger partial charge on any atom is -0.481 e. The fourth-order valence-electron chi connectivity index (χ4n) is 4.07. The van der Waals surface area contributed by atoms with Gasteiger partial charge in [0.25, 0.3) is 5.91 Å². The molecule has 0 aliphatic heterocycles. The summed E-state index contributed by atoms with van der Waals surface area (Å²) in [6.45, 7) is 4.23. The van der Waals surface area contributed by atoms with Crippen molar-refractivity contribution in [2.45, 2.75) is 64.6 Å². The Bertz CT molecular complexity index is 961. The molecule has 1 aliphatic rings. The summed E-state index contributed by atoms with van der Waals surface area (Å²) in [5.74, 6) is 1.27. The van der Waals surface area contributed by atoms with E-state index in [2.05, 4.69) is 4.98 Å². The van der Waals surface area contributed by atoms with E-state index in [-0.39, 0.29) is 11.9 Å². The van der Waals surface area contributed by atoms with Gasteiger partial charge in [-0.15, -0.1) is 0 Å². The van der Waals surface area contributed by atoms with E-state index < -0.39 is 6.10 Å². The number of rotatable bonds is 6. The van der Waals surface area contributed by atoms with Crippen molar-refractivity contribution < 1.29 is 13.9 Å². The quantitative estimate of drug-likeness (QED) is 0.574. The van der Waals surface area contributed by atoms with Gasteiger partial charge < -0.3 is 14.1 Å². The zero-order valence-electron chi connectivity index (χ0n) is 17.1. The number of nitrogens with zero attached hydrogens (tertiary/aromatic N) is 2. The Morgan fingerprint density at radius 3 is 2.69 bits per heavy atom. The van der Waals surface area contributed by atoms with Crippen molar-refractivity contribution >= 4 is 17.0 Å². The molecule has 1 heterocycles. The Balaban J connectivity index is 1.55. The maximum absolute atomic E-state index is 13.4. The van der Waals surface area contributed by atoms with Gasteiger partial charge in [-0.25, -0.2) is 4.98 Å². The van der Waals surface area contributed by atoms with Crippen molar-refractivity contribution in [1.82, 2.24) is 9.88 Å². The molecule has 1 fully saturated rings. The second kappa shape index (κ2) is 8.68. The van der Waals surface area contributed by atoms with Crippen LogP contribution in [0.15, 0.2) is 52.9 Å². The molecule has 5 heteroatoms. The van der Waals surface area contributed by atoms with Crippen LogP contribution in [-0.4, -0.2) is 27.9 Å². The molecule has 1 saturated carbocycles. The minimum absolute atomic E-state index is 0.0146. The molecule has 3 aromatic rings. The molecule has 1 aliphatic carbocycles. The standard InChI is InChI=1S/C24H28N2O3/c1-17-13-14-22-21(15-17)25-23(29-22)16-26(19-9-5-3-6-10-19)24(27)18(2)28-20-11-7-4-8-12-20/h4,7-8,11-15,18-19H,3,5-6,9-10,16H2,1-2H3/t18-/m0/s1. The third-order valence-corrected chi connectivity index (χ3v) is 5.60. The highest BCUT2D eigenvalue weighted by Crippen LogP contribution is 2.26. The van der Waals surface area contributed by atoms with Crippen LogP contribution in [0.4, 0.5) is 0 Å². The van der Waals surface area contributed by atoms with Crippen LogP contribution in [0.2, 0.25) is 0 Å². The molecule has 2 aromatic carbocycles. The summed E-state index contributed by atoms with van der Waals surface area (Å²) in [4.78, 5) is 19.9. The van der Waals surface area contributed by atoms with E-state index in [1.165, 1.54) is 6.42 Å². The van der Waals surface area contributed by atoms with E-state index >= 15 is 0 Å². The van der Waals surface area contributed by atoms with Crippen LogP contribution in [0.25, 0.3) is 11.1 Å². The lowest BCUT2D eigenvalue weighted by molar-refractivity contribution is -0.142. The normalized spacial score (nSPS) is 15.9. The van der Waals surface area contributed by atoms with Crippen molar-refractivity contribution in [1.29, 1.82) is 0 Å². The molecule has 152 valence electrons. The van der Waals surface area contributed by atoms with E-state index in [4.69, 9.17) is 9.15 Å². The summed E-state index contributed by atoms with van der Waals surface area (Å²) in [5.41, 5.74) is 2.74. The summed E-state index contributed by atoms with van der Waals surface area (Å²) in [6, 6.07) is 15.7. The summed E-state index contributed by atoms with van der Waals surface area (Å²) < 4.78 is 11.9. The van der Waals surface area contributed by atoms with Gasteiger partial charge in [0.1, 0.15) is 11.3 Å². The number of ether oxygens (including phenoxy) is 1. The largest absolute Gasteiger partial charge is 0.481 e. The molecule has 5 nitrogen and oxygen atoms in total. The number of carbonyl (C=O) groups excluding carboxylic acids is 1. The Labute approximate surface area is 171 Å². The molecule has 0 spiro atoms. The van der Waals surface area contributed by atoms with Gasteiger partial charge >= 0.3 is 0 Å². The molecule has 29 heavy (non-hydrogen) atoms. The highest BCUT2D eigenvalue weighted by atomic mass is 16.5. The van der Waals surface area contributed by atoms with E-state index in [9.17, 15) is 4.79 Å². The third-order valence-electron chi connectivity index (χ3n) is 5.60. The molecule has 0 unspecified atom stereocenters. The van der Waals surface area contributed by atoms with Gasteiger partial charge in [0.05, 0.1) is 6.54 Å². The Morgan fingerprint density at radius 1 is 1.17 bits per heavy atom. The average Bonchev–Trinajstić information content (AvgIpc) is 3.14. The van der Waals surface area contributed by atoms with Crippen LogP contribution in [-0.2, 0) is 11.3 Å². The number of fused-ring (bicyclic) bond motifs is 1. The predicted molar refractivity (Wildman–Crippen MR) is 113 cm³/mol. The molecule has 1 atom stereocenters. The summed E-state index contributed by atoms with van der Waals surface area (Å²) in [7, 11) is 0. The van der Waals surface area contributed by atoms with Gasteiger partial charge in [-0.05, 0) is 56.5 Å². The number of aryl methyl sites for hydroxylation is 1. The monoisotopic (exact) mass is 392 g/mol. The lowest BCUT2D eigenvalue weighted by Crippen LogP contribution is -2.46. The van der Waals surface area contributed by atoms with Crippen molar-refractivity contribution in [2.24, 2.45) is 0 Å². The number of amides is 1. The predicted octanol–water partition coefficient (Wildman–Crippen LogP) is 5.27. The van der Waals surface area contributed by atoms with Crippen LogP contribution >= 0.6 is 0 Å². The molecule has 0 saturated heterocycles. The van der Waals surface area contributed by atoms with Crippen LogP contribution in [0.3, 0.4) is 0 Å². The van der Waals surface area contributed by atoms with E-state index in [0.29, 0.717) is 18.2 Å². The maximum Gasteiger partial charge on any atom is 0.264 e. The minimum atomic E-state index is -0.564. The second-order valence-corrected chi connectivity index (χ2v) is 7.91. The zero-order chi connectivity index (χ0) is 20.2. The van der Waals surface area contributed by atoms with Gasteiger partial charge in [-0.1, -0.05) is 43.5 Å². The highest BCUT2D eigenvalue weighted by molar-refractivity contribution is 5.81. The SMILES string of the molecule is Cc1ccc2oc(CN(C(=O)[C@H](C)Oc3ccccc3)C3CCCCC3)nc2c1. The number of hydrogen-bond donors (Lipinski definition) is 0. The van der Waals surface area contributed by atoms with Gasteiger partial charge in [0.2, 0.25) is 5.89 Å². The summed E-state index contributed by atoms with van der Waals surface area (Å²) >= 11 is 0. The number of oxazole rings is 1. The van der Waals surface area contributed by atoms with E-state index in [0.717, 1.165) is 42.3 Å². The first kappa shape index (κ1) is 19.5. The van der Waals surface area contributed by atoms with Crippen LogP contribution < -0.4 is 4.74 Å². The molecule has 0 bridgehead atoms. The Hall–Kier alpha value is -2.82. The van der Waals surface area contributed by atoms with E-state index in [1.807, 2.05) is 67.3 Å². The number of aromatic nitrogens is 1. The lowest BCUT2D eigenvalue weighted by Gasteiger charge is -2.35. The lowest BCUT2D eigenvalue weighted by atomic mass is 9.94. The van der Waals surface area contributed by atoms with Crippen molar-refractivity contribution in [3.63, 3.8) is 0 Å². The molecular weight excluding hydrogens is 364 g/mol. The average molecular weight is 392 g/mol. The smallest absolute Gasteiger partial charge is 0.264 e.